The summed E-state index contributed by atoms with van der Waals surface area (Å²) in [5, 5.41) is 0. The zero-order chi connectivity index (χ0) is 10.6. The van der Waals surface area contributed by atoms with E-state index in [0.29, 0.717) is 0 Å². The van der Waals surface area contributed by atoms with Crippen LogP contribution >= 0.6 is 0 Å². The molecule has 0 aliphatic heterocycles. The van der Waals surface area contributed by atoms with Crippen molar-refractivity contribution in [2.45, 2.75) is 27.2 Å². The lowest BCUT2D eigenvalue weighted by molar-refractivity contribution is -0.115. The first-order valence-corrected chi connectivity index (χ1v) is 4.79. The van der Waals surface area contributed by atoms with Crippen molar-refractivity contribution in [3.63, 3.8) is 0 Å². The topological polar surface area (TPSA) is 29.4 Å². The fourth-order valence-corrected chi connectivity index (χ4v) is 1.42. The summed E-state index contributed by atoms with van der Waals surface area (Å²) in [5.41, 5.74) is 3.11. The van der Waals surface area contributed by atoms with Crippen LogP contribution in [-0.2, 0) is 4.79 Å². The van der Waals surface area contributed by atoms with Crippen LogP contribution in [0.2, 0.25) is 0 Å². The molecule has 1 rings (SSSR count). The third-order valence-electron chi connectivity index (χ3n) is 2.08. The number of amides is 1. The number of hydrogen-bond donors (Lipinski definition) is 0. The lowest BCUT2D eigenvalue weighted by Gasteiger charge is -2.06. The number of rotatable bonds is 2. The van der Waals surface area contributed by atoms with E-state index in [1.165, 1.54) is 6.92 Å². The molecule has 0 N–H and O–H groups in total. The molecule has 1 aromatic carbocycles. The molecule has 0 unspecified atom stereocenters. The van der Waals surface area contributed by atoms with Crippen LogP contribution in [0.25, 0.3) is 0 Å². The molecule has 74 valence electrons. The van der Waals surface area contributed by atoms with Crippen molar-refractivity contribution in [1.82, 2.24) is 0 Å². The lowest BCUT2D eigenvalue weighted by atomic mass is 10.0. The minimum absolute atomic E-state index is 0.134. The summed E-state index contributed by atoms with van der Waals surface area (Å²) < 4.78 is 0. The molecule has 14 heavy (non-hydrogen) atoms. The van der Waals surface area contributed by atoms with Crippen molar-refractivity contribution in [3.8, 4) is 0 Å². The standard InChI is InChI=1S/C12H15NO/c1-4-12(13-10(3)14)11-8-6-5-7-9(11)2/h5-8H,4H2,1-3H3. The number of aliphatic imine (C=N–C) groups is 1. The zero-order valence-electron chi connectivity index (χ0n) is 8.87. The molecular formula is C12H15NO. The first-order chi connectivity index (χ1) is 6.65. The molecule has 0 radical (unpaired) electrons. The quantitative estimate of drug-likeness (QED) is 0.658. The molecule has 0 aromatic heterocycles. The van der Waals surface area contributed by atoms with E-state index in [0.717, 1.165) is 23.3 Å². The van der Waals surface area contributed by atoms with Gasteiger partial charge in [-0.05, 0) is 24.5 Å². The maximum absolute atomic E-state index is 10.9. The van der Waals surface area contributed by atoms with Crippen LogP contribution in [0.5, 0.6) is 0 Å². The van der Waals surface area contributed by atoms with Gasteiger partial charge >= 0.3 is 0 Å². The van der Waals surface area contributed by atoms with Gasteiger partial charge < -0.3 is 0 Å². The van der Waals surface area contributed by atoms with Gasteiger partial charge in [-0.3, -0.25) is 4.79 Å². The van der Waals surface area contributed by atoms with Gasteiger partial charge in [-0.15, -0.1) is 0 Å². The van der Waals surface area contributed by atoms with Crippen molar-refractivity contribution in [2.24, 2.45) is 4.99 Å². The van der Waals surface area contributed by atoms with E-state index in [9.17, 15) is 4.79 Å². The van der Waals surface area contributed by atoms with E-state index in [-0.39, 0.29) is 5.91 Å². The van der Waals surface area contributed by atoms with Gasteiger partial charge in [-0.25, -0.2) is 4.99 Å². The van der Waals surface area contributed by atoms with E-state index in [2.05, 4.69) is 4.99 Å². The maximum atomic E-state index is 10.9. The number of aryl methyl sites for hydroxylation is 1. The molecule has 0 fully saturated rings. The van der Waals surface area contributed by atoms with Gasteiger partial charge in [0.25, 0.3) is 0 Å². The van der Waals surface area contributed by atoms with Crippen molar-refractivity contribution in [1.29, 1.82) is 0 Å². The molecule has 1 aromatic rings. The lowest BCUT2D eigenvalue weighted by Crippen LogP contribution is -2.04. The Morgan fingerprint density at radius 2 is 2.00 bits per heavy atom. The molecule has 0 saturated heterocycles. The van der Waals surface area contributed by atoms with Crippen LogP contribution in [0.3, 0.4) is 0 Å². The first kappa shape index (κ1) is 10.6. The van der Waals surface area contributed by atoms with Crippen LogP contribution in [0, 0.1) is 6.92 Å². The van der Waals surface area contributed by atoms with E-state index in [1.54, 1.807) is 0 Å². The van der Waals surface area contributed by atoms with Crippen LogP contribution in [0.1, 0.15) is 31.4 Å². The summed E-state index contributed by atoms with van der Waals surface area (Å²) >= 11 is 0. The normalized spacial score (nSPS) is 11.5. The summed E-state index contributed by atoms with van der Waals surface area (Å²) in [6.07, 6.45) is 0.782. The van der Waals surface area contributed by atoms with Gasteiger partial charge in [-0.1, -0.05) is 31.2 Å². The predicted molar refractivity (Wildman–Crippen MR) is 58.7 cm³/mol. The van der Waals surface area contributed by atoms with Gasteiger partial charge in [0.1, 0.15) is 0 Å². The number of carbonyl (C=O) groups is 1. The van der Waals surface area contributed by atoms with E-state index in [4.69, 9.17) is 0 Å². The second kappa shape index (κ2) is 4.70. The average molecular weight is 189 g/mol. The molecule has 0 atom stereocenters. The third-order valence-corrected chi connectivity index (χ3v) is 2.08. The Morgan fingerprint density at radius 1 is 1.36 bits per heavy atom. The van der Waals surface area contributed by atoms with E-state index >= 15 is 0 Å². The van der Waals surface area contributed by atoms with Gasteiger partial charge in [0, 0.05) is 6.92 Å². The maximum Gasteiger partial charge on any atom is 0.242 e. The van der Waals surface area contributed by atoms with Crippen molar-refractivity contribution in [3.05, 3.63) is 35.4 Å². The van der Waals surface area contributed by atoms with Gasteiger partial charge in [0.15, 0.2) is 0 Å². The monoisotopic (exact) mass is 189 g/mol. The SMILES string of the molecule is CCC(=NC(C)=O)c1ccccc1C. The molecule has 1 amide bonds. The Hall–Kier alpha value is -1.44. The summed E-state index contributed by atoms with van der Waals surface area (Å²) in [4.78, 5) is 14.9. The summed E-state index contributed by atoms with van der Waals surface area (Å²) in [7, 11) is 0. The highest BCUT2D eigenvalue weighted by Gasteiger charge is 2.04. The molecule has 2 heteroatoms. The van der Waals surface area contributed by atoms with Gasteiger partial charge in [-0.2, -0.15) is 0 Å². The Kier molecular flexibility index (Phi) is 3.57. The van der Waals surface area contributed by atoms with Crippen molar-refractivity contribution >= 4 is 11.6 Å². The second-order valence-corrected chi connectivity index (χ2v) is 3.25. The zero-order valence-corrected chi connectivity index (χ0v) is 8.87. The molecule has 0 bridgehead atoms. The molecule has 0 heterocycles. The number of hydrogen-bond acceptors (Lipinski definition) is 1. The van der Waals surface area contributed by atoms with E-state index in [1.807, 2.05) is 38.1 Å². The molecule has 0 aliphatic carbocycles. The Bertz CT molecular complexity index is 366. The first-order valence-electron chi connectivity index (χ1n) is 4.79. The van der Waals surface area contributed by atoms with Gasteiger partial charge in [0.2, 0.25) is 5.91 Å². The highest BCUT2D eigenvalue weighted by molar-refractivity contribution is 6.06. The van der Waals surface area contributed by atoms with Crippen molar-refractivity contribution < 1.29 is 4.79 Å². The van der Waals surface area contributed by atoms with Crippen LogP contribution < -0.4 is 0 Å². The third kappa shape index (κ3) is 2.52. The number of benzene rings is 1. The van der Waals surface area contributed by atoms with Crippen LogP contribution in [0.4, 0.5) is 0 Å². The molecule has 0 spiro atoms. The molecule has 0 aliphatic rings. The summed E-state index contributed by atoms with van der Waals surface area (Å²) in [6, 6.07) is 7.98. The summed E-state index contributed by atoms with van der Waals surface area (Å²) in [6.45, 7) is 5.52. The number of nitrogens with zero attached hydrogens (tertiary/aromatic N) is 1. The predicted octanol–water partition coefficient (Wildman–Crippen LogP) is 2.74. The fourth-order valence-electron chi connectivity index (χ4n) is 1.42. The minimum atomic E-state index is -0.134. The van der Waals surface area contributed by atoms with Crippen molar-refractivity contribution in [2.75, 3.05) is 0 Å². The molecule has 0 saturated carbocycles. The smallest absolute Gasteiger partial charge is 0.242 e. The highest BCUT2D eigenvalue weighted by Crippen LogP contribution is 2.10. The second-order valence-electron chi connectivity index (χ2n) is 3.25. The Labute approximate surface area is 84.7 Å². The highest BCUT2D eigenvalue weighted by atomic mass is 16.1. The molecule has 2 nitrogen and oxygen atoms in total. The van der Waals surface area contributed by atoms with Crippen LogP contribution in [-0.4, -0.2) is 11.6 Å². The minimum Gasteiger partial charge on any atom is -0.273 e. The largest absolute Gasteiger partial charge is 0.273 e. The van der Waals surface area contributed by atoms with Gasteiger partial charge in [0.05, 0.1) is 5.71 Å². The fraction of sp³-hybridized carbons (Fsp3) is 0.333. The Balaban J connectivity index is 3.13. The Morgan fingerprint density at radius 3 is 2.50 bits per heavy atom. The summed E-state index contributed by atoms with van der Waals surface area (Å²) in [5.74, 6) is -0.134. The van der Waals surface area contributed by atoms with E-state index < -0.39 is 0 Å². The molecular weight excluding hydrogens is 174 g/mol. The van der Waals surface area contributed by atoms with Crippen LogP contribution in [0.15, 0.2) is 29.3 Å². The number of carbonyl (C=O) groups excluding carboxylic acids is 1. The average Bonchev–Trinajstić information content (AvgIpc) is 2.15.